The molecule has 1 rings (SSSR count). The molecule has 40 heavy (non-hydrogen) atoms. The summed E-state index contributed by atoms with van der Waals surface area (Å²) in [6, 6.07) is -6.56. The maximum Gasteiger partial charge on any atom is 0.328 e. The molecular weight excluding hydrogens is 534 g/mol. The first-order valence-corrected chi connectivity index (χ1v) is 12.6. The number of carboxylic acids is 1. The lowest BCUT2D eigenvalue weighted by molar-refractivity contribution is -0.145. The maximum absolute atomic E-state index is 13.1. The highest BCUT2D eigenvalue weighted by Crippen LogP contribution is 2.19. The van der Waals surface area contributed by atoms with Crippen LogP contribution >= 0.6 is 0 Å². The van der Waals surface area contributed by atoms with Crippen molar-refractivity contribution < 1.29 is 48.9 Å². The number of hydrogen-bond donors (Lipinski definition) is 9. The zero-order chi connectivity index (χ0) is 30.7. The fourth-order valence-electron chi connectivity index (χ4n) is 3.95. The lowest BCUT2D eigenvalue weighted by atomic mass is 10.0. The van der Waals surface area contributed by atoms with Crippen LogP contribution in [0.15, 0.2) is 0 Å². The number of aliphatic hydroxyl groups excluding tert-OH is 2. The van der Waals surface area contributed by atoms with Crippen molar-refractivity contribution in [3.05, 3.63) is 0 Å². The third kappa shape index (κ3) is 10.0. The van der Waals surface area contributed by atoms with Crippen molar-refractivity contribution in [3.8, 4) is 0 Å². The topological polar surface area (TPSA) is 284 Å². The lowest BCUT2D eigenvalue weighted by Gasteiger charge is -2.30. The average molecular weight is 574 g/mol. The van der Waals surface area contributed by atoms with E-state index >= 15 is 0 Å². The molecule has 0 spiro atoms. The van der Waals surface area contributed by atoms with Crippen LogP contribution in [0.25, 0.3) is 0 Å². The van der Waals surface area contributed by atoms with E-state index in [1.165, 1.54) is 6.92 Å². The molecule has 1 heterocycles. The predicted molar refractivity (Wildman–Crippen MR) is 137 cm³/mol. The summed E-state index contributed by atoms with van der Waals surface area (Å²) in [7, 11) is 0. The number of nitrogens with one attached hydrogen (secondary N) is 4. The molecule has 6 atom stereocenters. The van der Waals surface area contributed by atoms with Crippen LogP contribution in [-0.2, 0) is 33.6 Å². The molecule has 0 aliphatic carbocycles. The number of carbonyl (C=O) groups is 7. The molecule has 0 saturated carbocycles. The number of carboxylic acid groups (broad SMARTS) is 1. The number of hydrogen-bond acceptors (Lipinski definition) is 10. The second-order valence-corrected chi connectivity index (χ2v) is 9.78. The molecule has 0 unspecified atom stereocenters. The van der Waals surface area contributed by atoms with Crippen LogP contribution in [-0.4, -0.2) is 118 Å². The van der Waals surface area contributed by atoms with Gasteiger partial charge in [0.05, 0.1) is 31.7 Å². The average Bonchev–Trinajstić information content (AvgIpc) is 3.35. The molecule has 1 aliphatic heterocycles. The molecule has 17 heteroatoms. The number of nitrogens with two attached hydrogens (primary N) is 2. The summed E-state index contributed by atoms with van der Waals surface area (Å²) in [6.07, 6.45) is -1.20. The van der Waals surface area contributed by atoms with Crippen molar-refractivity contribution in [1.29, 1.82) is 0 Å². The third-order valence-corrected chi connectivity index (χ3v) is 6.13. The van der Waals surface area contributed by atoms with E-state index in [0.717, 1.165) is 4.90 Å². The van der Waals surface area contributed by atoms with Gasteiger partial charge in [-0.2, -0.15) is 0 Å². The molecule has 1 saturated heterocycles. The molecule has 17 nitrogen and oxygen atoms in total. The molecule has 1 fully saturated rings. The van der Waals surface area contributed by atoms with Crippen molar-refractivity contribution in [2.75, 3.05) is 19.7 Å². The summed E-state index contributed by atoms with van der Waals surface area (Å²) < 4.78 is 0. The second kappa shape index (κ2) is 15.7. The Labute approximate surface area is 230 Å². The minimum absolute atomic E-state index is 0.116. The minimum Gasteiger partial charge on any atom is -0.480 e. The van der Waals surface area contributed by atoms with Crippen molar-refractivity contribution in [2.45, 2.75) is 76.3 Å². The smallest absolute Gasteiger partial charge is 0.328 e. The van der Waals surface area contributed by atoms with E-state index in [0.29, 0.717) is 6.42 Å². The van der Waals surface area contributed by atoms with Gasteiger partial charge in [-0.15, -0.1) is 0 Å². The van der Waals surface area contributed by atoms with E-state index in [9.17, 15) is 43.8 Å². The summed E-state index contributed by atoms with van der Waals surface area (Å²) in [5.74, 6) is -6.77. The van der Waals surface area contributed by atoms with Gasteiger partial charge in [0, 0.05) is 6.54 Å². The number of aliphatic hydroxyl groups is 2. The number of rotatable bonds is 15. The van der Waals surface area contributed by atoms with Gasteiger partial charge in [0.15, 0.2) is 6.04 Å². The largest absolute Gasteiger partial charge is 0.480 e. The summed E-state index contributed by atoms with van der Waals surface area (Å²) in [6.45, 7) is 3.06. The highest BCUT2D eigenvalue weighted by Gasteiger charge is 2.39. The van der Waals surface area contributed by atoms with Crippen LogP contribution in [0.1, 0.15) is 40.0 Å². The van der Waals surface area contributed by atoms with E-state index in [1.54, 1.807) is 13.8 Å². The molecule has 6 amide bonds. The van der Waals surface area contributed by atoms with Crippen LogP contribution in [0.4, 0.5) is 0 Å². The van der Waals surface area contributed by atoms with Gasteiger partial charge < -0.3 is 53.0 Å². The molecule has 226 valence electrons. The van der Waals surface area contributed by atoms with Crippen molar-refractivity contribution in [3.63, 3.8) is 0 Å². The summed E-state index contributed by atoms with van der Waals surface area (Å²) in [5.41, 5.74) is 10.7. The minimum atomic E-state index is -1.58. The first kappa shape index (κ1) is 34.2. The molecule has 1 aliphatic rings. The maximum atomic E-state index is 13.1. The van der Waals surface area contributed by atoms with Crippen LogP contribution < -0.4 is 32.7 Å². The van der Waals surface area contributed by atoms with Gasteiger partial charge in [-0.25, -0.2) is 4.79 Å². The summed E-state index contributed by atoms with van der Waals surface area (Å²) in [4.78, 5) is 86.4. The Morgan fingerprint density at radius 3 is 2.10 bits per heavy atom. The fourth-order valence-corrected chi connectivity index (χ4v) is 3.95. The highest BCUT2D eigenvalue weighted by molar-refractivity contribution is 5.96. The Kier molecular flexibility index (Phi) is 13.4. The number of nitrogens with zero attached hydrogens (tertiary/aromatic N) is 1. The number of carbonyl (C=O) groups excluding carboxylic acids is 6. The third-order valence-electron chi connectivity index (χ3n) is 6.13. The SMILES string of the molecule is CC(C)[C@H](NC(=O)[C@@H](N)CC(N)=O)C(=O)N[C@@H](CO)C(=O)N1CCC[C@H]1C(=O)NCC(=O)N[C@H](C(=O)O)[C@@H](C)O. The van der Waals surface area contributed by atoms with Gasteiger partial charge in [-0.05, 0) is 25.7 Å². The molecular formula is C23H39N7O10. The van der Waals surface area contributed by atoms with Gasteiger partial charge in [-0.1, -0.05) is 13.8 Å². The Morgan fingerprint density at radius 2 is 1.60 bits per heavy atom. The second-order valence-electron chi connectivity index (χ2n) is 9.78. The zero-order valence-electron chi connectivity index (χ0n) is 22.6. The zero-order valence-corrected chi connectivity index (χ0v) is 22.6. The van der Waals surface area contributed by atoms with Crippen LogP contribution in [0, 0.1) is 5.92 Å². The van der Waals surface area contributed by atoms with Gasteiger partial charge in [0.1, 0.15) is 18.1 Å². The molecule has 11 N–H and O–H groups in total. The monoisotopic (exact) mass is 573 g/mol. The highest BCUT2D eigenvalue weighted by atomic mass is 16.4. The van der Waals surface area contributed by atoms with Crippen LogP contribution in [0.2, 0.25) is 0 Å². The fraction of sp³-hybridized carbons (Fsp3) is 0.696. The molecule has 0 radical (unpaired) electrons. The van der Waals surface area contributed by atoms with Gasteiger partial charge in [0.25, 0.3) is 0 Å². The van der Waals surface area contributed by atoms with Gasteiger partial charge >= 0.3 is 5.97 Å². The van der Waals surface area contributed by atoms with Crippen molar-refractivity contribution >= 4 is 41.4 Å². The van der Waals surface area contributed by atoms with Crippen molar-refractivity contribution in [2.24, 2.45) is 17.4 Å². The Hall–Kier alpha value is -3.83. The van der Waals surface area contributed by atoms with Gasteiger partial charge in [-0.3, -0.25) is 28.8 Å². The van der Waals surface area contributed by atoms with Gasteiger partial charge in [0.2, 0.25) is 35.4 Å². The first-order chi connectivity index (χ1) is 18.6. The summed E-state index contributed by atoms with van der Waals surface area (Å²) in [5, 5.41) is 37.5. The standard InChI is InChI=1S/C23H39N7O10/c1-10(2)17(29-19(35)12(24)7-15(25)33)21(37)27-13(9-31)22(38)30-6-4-5-14(30)20(36)26-8-16(34)28-18(11(3)32)23(39)40/h10-14,17-18,31-32H,4-9,24H2,1-3H3,(H2,25,33)(H,26,36)(H,27,37)(H,28,34)(H,29,35)(H,39,40)/t11-,12+,13+,14+,17+,18+/m1/s1. The molecule has 0 bridgehead atoms. The predicted octanol–water partition coefficient (Wildman–Crippen LogP) is -5.14. The number of primary amides is 1. The Bertz CT molecular complexity index is 974. The van der Waals surface area contributed by atoms with Crippen LogP contribution in [0.3, 0.4) is 0 Å². The van der Waals surface area contributed by atoms with E-state index in [-0.39, 0.29) is 13.0 Å². The first-order valence-electron chi connectivity index (χ1n) is 12.6. The molecule has 0 aromatic rings. The quantitative estimate of drug-likeness (QED) is 0.0892. The Morgan fingerprint density at radius 1 is 0.975 bits per heavy atom. The number of likely N-dealkylation sites (tertiary alicyclic amines) is 1. The number of amides is 6. The molecule has 0 aromatic heterocycles. The van der Waals surface area contributed by atoms with Crippen LogP contribution in [0.5, 0.6) is 0 Å². The summed E-state index contributed by atoms with van der Waals surface area (Å²) >= 11 is 0. The van der Waals surface area contributed by atoms with E-state index in [4.69, 9.17) is 16.6 Å². The lowest BCUT2D eigenvalue weighted by Crippen LogP contribution is -2.60. The number of aliphatic carboxylic acids is 1. The molecule has 0 aromatic carbocycles. The van der Waals surface area contributed by atoms with E-state index < -0.39 is 103 Å². The van der Waals surface area contributed by atoms with E-state index in [1.807, 2.05) is 0 Å². The normalized spacial score (nSPS) is 18.6. The van der Waals surface area contributed by atoms with E-state index in [2.05, 4.69) is 21.3 Å². The Balaban J connectivity index is 2.84. The van der Waals surface area contributed by atoms with Crippen molar-refractivity contribution in [1.82, 2.24) is 26.2 Å².